The molecule has 6 heteroatoms. The van der Waals surface area contributed by atoms with Gasteiger partial charge in [-0.25, -0.2) is 4.68 Å². The third kappa shape index (κ3) is 2.28. The summed E-state index contributed by atoms with van der Waals surface area (Å²) in [5.41, 5.74) is 0. The summed E-state index contributed by atoms with van der Waals surface area (Å²) in [5, 5.41) is 12.3. The first-order chi connectivity index (χ1) is 7.36. The van der Waals surface area contributed by atoms with Crippen LogP contribution < -0.4 is 0 Å². The van der Waals surface area contributed by atoms with Gasteiger partial charge in [-0.3, -0.25) is 0 Å². The third-order valence-corrected chi connectivity index (χ3v) is 4.36. The smallest absolute Gasteiger partial charge is 0.166 e. The second-order valence-corrected chi connectivity index (χ2v) is 5.14. The third-order valence-electron chi connectivity index (χ3n) is 2.97. The average molecular weight is 247 g/mol. The second kappa shape index (κ2) is 5.16. The number of thioether (sulfide) groups is 1. The number of aromatic nitrogens is 4. The van der Waals surface area contributed by atoms with Gasteiger partial charge in [0, 0.05) is 5.25 Å². The van der Waals surface area contributed by atoms with Gasteiger partial charge in [0.15, 0.2) is 5.82 Å². The van der Waals surface area contributed by atoms with E-state index in [2.05, 4.69) is 21.8 Å². The topological polar surface area (TPSA) is 43.6 Å². The van der Waals surface area contributed by atoms with Crippen molar-refractivity contribution in [2.24, 2.45) is 0 Å². The van der Waals surface area contributed by atoms with Gasteiger partial charge < -0.3 is 0 Å². The highest BCUT2D eigenvalue weighted by atomic mass is 35.5. The fraction of sp³-hybridized carbons (Fsp3) is 0.889. The summed E-state index contributed by atoms with van der Waals surface area (Å²) in [6, 6.07) is 0.428. The quantitative estimate of drug-likeness (QED) is 0.768. The minimum atomic E-state index is 0.393. The number of alkyl halides is 1. The maximum Gasteiger partial charge on any atom is 0.166 e. The predicted molar refractivity (Wildman–Crippen MR) is 62.2 cm³/mol. The van der Waals surface area contributed by atoms with Gasteiger partial charge in [-0.15, -0.1) is 16.7 Å². The molecule has 2 rings (SSSR count). The molecule has 0 aromatic carbocycles. The van der Waals surface area contributed by atoms with Gasteiger partial charge in [0.05, 0.1) is 11.9 Å². The van der Waals surface area contributed by atoms with Gasteiger partial charge in [0.25, 0.3) is 0 Å². The molecule has 0 bridgehead atoms. The lowest BCUT2D eigenvalue weighted by Crippen LogP contribution is -2.27. The number of hydrogen-bond donors (Lipinski definition) is 0. The molecule has 1 fully saturated rings. The molecule has 1 aromatic heterocycles. The Labute approximate surface area is 98.8 Å². The van der Waals surface area contributed by atoms with Crippen LogP contribution in [0.15, 0.2) is 0 Å². The Morgan fingerprint density at radius 3 is 3.00 bits per heavy atom. The first-order valence-corrected chi connectivity index (χ1v) is 7.04. The zero-order valence-electron chi connectivity index (χ0n) is 8.77. The number of rotatable bonds is 3. The molecule has 0 aliphatic heterocycles. The SMILES string of the molecule is CSC1CCCCC1n1nnnc1CCl. The van der Waals surface area contributed by atoms with Gasteiger partial charge in [0.1, 0.15) is 0 Å². The summed E-state index contributed by atoms with van der Waals surface area (Å²) in [5.74, 6) is 1.19. The van der Waals surface area contributed by atoms with Crippen molar-refractivity contribution in [2.75, 3.05) is 6.26 Å². The van der Waals surface area contributed by atoms with Gasteiger partial charge in [0.2, 0.25) is 0 Å². The van der Waals surface area contributed by atoms with E-state index in [1.165, 1.54) is 25.7 Å². The zero-order chi connectivity index (χ0) is 10.7. The van der Waals surface area contributed by atoms with Crippen LogP contribution in [-0.2, 0) is 5.88 Å². The second-order valence-electron chi connectivity index (χ2n) is 3.80. The number of tetrazole rings is 1. The Balaban J connectivity index is 2.20. The molecule has 84 valence electrons. The summed E-state index contributed by atoms with van der Waals surface area (Å²) in [6.07, 6.45) is 7.17. The predicted octanol–water partition coefficient (Wildman–Crippen LogP) is 2.26. The van der Waals surface area contributed by atoms with Crippen LogP contribution in [0.25, 0.3) is 0 Å². The molecule has 1 aliphatic rings. The summed E-state index contributed by atoms with van der Waals surface area (Å²) in [7, 11) is 0. The highest BCUT2D eigenvalue weighted by molar-refractivity contribution is 7.99. The molecule has 0 N–H and O–H groups in total. The summed E-state index contributed by atoms with van der Waals surface area (Å²) in [6.45, 7) is 0. The monoisotopic (exact) mass is 246 g/mol. The van der Waals surface area contributed by atoms with E-state index in [0.29, 0.717) is 17.2 Å². The first kappa shape index (κ1) is 11.2. The van der Waals surface area contributed by atoms with Crippen LogP contribution in [0, 0.1) is 0 Å². The number of halogens is 1. The fourth-order valence-electron chi connectivity index (χ4n) is 2.19. The molecule has 0 radical (unpaired) electrons. The van der Waals surface area contributed by atoms with Crippen molar-refractivity contribution in [1.82, 2.24) is 20.2 Å². The molecule has 1 aliphatic carbocycles. The summed E-state index contributed by atoms with van der Waals surface area (Å²) in [4.78, 5) is 0. The number of hydrogen-bond acceptors (Lipinski definition) is 4. The summed E-state index contributed by atoms with van der Waals surface area (Å²) >= 11 is 7.73. The maximum atomic E-state index is 5.81. The highest BCUT2D eigenvalue weighted by Gasteiger charge is 2.28. The fourth-order valence-corrected chi connectivity index (χ4v) is 3.33. The van der Waals surface area contributed by atoms with E-state index in [9.17, 15) is 0 Å². The summed E-state index contributed by atoms with van der Waals surface area (Å²) < 4.78 is 1.92. The van der Waals surface area contributed by atoms with Crippen LogP contribution in [0.4, 0.5) is 0 Å². The van der Waals surface area contributed by atoms with Gasteiger partial charge in [-0.2, -0.15) is 11.8 Å². The molecule has 0 amide bonds. The largest absolute Gasteiger partial charge is 0.224 e. The zero-order valence-corrected chi connectivity index (χ0v) is 10.3. The standard InChI is InChI=1S/C9H15ClN4S/c1-15-8-5-3-2-4-7(8)14-9(6-10)11-12-13-14/h7-8H,2-6H2,1H3. The van der Waals surface area contributed by atoms with E-state index >= 15 is 0 Å². The van der Waals surface area contributed by atoms with Crippen LogP contribution in [0.3, 0.4) is 0 Å². The average Bonchev–Trinajstić information content (AvgIpc) is 2.76. The van der Waals surface area contributed by atoms with Crippen LogP contribution in [0.5, 0.6) is 0 Å². The Morgan fingerprint density at radius 1 is 1.47 bits per heavy atom. The lowest BCUT2D eigenvalue weighted by Gasteiger charge is -2.30. The Kier molecular flexibility index (Phi) is 3.86. The van der Waals surface area contributed by atoms with Crippen molar-refractivity contribution >= 4 is 23.4 Å². The van der Waals surface area contributed by atoms with Crippen molar-refractivity contribution in [3.05, 3.63) is 5.82 Å². The molecule has 2 unspecified atom stereocenters. The van der Waals surface area contributed by atoms with Crippen molar-refractivity contribution in [3.8, 4) is 0 Å². The molecule has 15 heavy (non-hydrogen) atoms. The van der Waals surface area contributed by atoms with Crippen molar-refractivity contribution in [1.29, 1.82) is 0 Å². The lowest BCUT2D eigenvalue weighted by atomic mass is 9.95. The van der Waals surface area contributed by atoms with Crippen LogP contribution >= 0.6 is 23.4 Å². The van der Waals surface area contributed by atoms with Gasteiger partial charge >= 0.3 is 0 Å². The maximum absolute atomic E-state index is 5.81. The van der Waals surface area contributed by atoms with Crippen molar-refractivity contribution < 1.29 is 0 Å². The minimum absolute atomic E-state index is 0.393. The number of nitrogens with zero attached hydrogens (tertiary/aromatic N) is 4. The van der Waals surface area contributed by atoms with E-state index in [-0.39, 0.29) is 0 Å². The normalized spacial score (nSPS) is 26.8. The molecular weight excluding hydrogens is 232 g/mol. The molecule has 4 nitrogen and oxygen atoms in total. The Morgan fingerprint density at radius 2 is 2.27 bits per heavy atom. The minimum Gasteiger partial charge on any atom is -0.224 e. The van der Waals surface area contributed by atoms with Gasteiger partial charge in [-0.05, 0) is 29.5 Å². The molecule has 2 atom stereocenters. The molecule has 0 saturated heterocycles. The van der Waals surface area contributed by atoms with E-state index < -0.39 is 0 Å². The molecule has 1 aromatic rings. The molecular formula is C9H15ClN4S. The van der Waals surface area contributed by atoms with Crippen LogP contribution in [-0.4, -0.2) is 31.7 Å². The Bertz CT molecular complexity index is 317. The van der Waals surface area contributed by atoms with E-state index in [1.54, 1.807) is 0 Å². The lowest BCUT2D eigenvalue weighted by molar-refractivity contribution is 0.329. The van der Waals surface area contributed by atoms with Crippen LogP contribution in [0.2, 0.25) is 0 Å². The van der Waals surface area contributed by atoms with Crippen molar-refractivity contribution in [2.45, 2.75) is 42.9 Å². The highest BCUT2D eigenvalue weighted by Crippen LogP contribution is 2.35. The molecule has 0 spiro atoms. The van der Waals surface area contributed by atoms with E-state index in [1.807, 2.05) is 16.4 Å². The molecule has 1 heterocycles. The Hall–Kier alpha value is -0.290. The van der Waals surface area contributed by atoms with E-state index in [4.69, 9.17) is 11.6 Å². The first-order valence-electron chi connectivity index (χ1n) is 5.22. The van der Waals surface area contributed by atoms with Gasteiger partial charge in [-0.1, -0.05) is 12.8 Å². The van der Waals surface area contributed by atoms with Crippen LogP contribution in [0.1, 0.15) is 37.5 Å². The molecule has 1 saturated carbocycles. The van der Waals surface area contributed by atoms with Crippen molar-refractivity contribution in [3.63, 3.8) is 0 Å². The van der Waals surface area contributed by atoms with E-state index in [0.717, 1.165) is 5.82 Å².